The molecular weight excluding hydrogens is 342 g/mol. The quantitative estimate of drug-likeness (QED) is 0.667. The third-order valence-corrected chi connectivity index (χ3v) is 4.01. The Labute approximate surface area is 157 Å². The van der Waals surface area contributed by atoms with E-state index in [1.54, 1.807) is 36.4 Å². The van der Waals surface area contributed by atoms with Crippen molar-refractivity contribution in [3.63, 3.8) is 0 Å². The van der Waals surface area contributed by atoms with Gasteiger partial charge in [0.05, 0.1) is 23.9 Å². The summed E-state index contributed by atoms with van der Waals surface area (Å²) in [5, 5.41) is 5.94. The Kier molecular flexibility index (Phi) is 5.47. The van der Waals surface area contributed by atoms with Gasteiger partial charge in [0.25, 0.3) is 5.91 Å². The lowest BCUT2D eigenvalue weighted by Gasteiger charge is -2.11. The largest absolute Gasteiger partial charge is 0.465 e. The monoisotopic (exact) mass is 361 g/mol. The maximum atomic E-state index is 12.5. The molecule has 6 nitrogen and oxygen atoms in total. The highest BCUT2D eigenvalue weighted by atomic mass is 16.5. The number of benzene rings is 2. The summed E-state index contributed by atoms with van der Waals surface area (Å²) in [4.78, 5) is 28.6. The van der Waals surface area contributed by atoms with Gasteiger partial charge in [0, 0.05) is 11.9 Å². The van der Waals surface area contributed by atoms with Crippen LogP contribution in [0.25, 0.3) is 0 Å². The van der Waals surface area contributed by atoms with Crippen molar-refractivity contribution >= 4 is 29.1 Å². The molecule has 27 heavy (non-hydrogen) atoms. The summed E-state index contributed by atoms with van der Waals surface area (Å²) < 4.78 is 4.74. The summed E-state index contributed by atoms with van der Waals surface area (Å²) in [6.07, 6.45) is 1.48. The molecule has 3 rings (SSSR count). The Bertz CT molecular complexity index is 968. The molecule has 3 aromatic rings. The molecule has 0 unspecified atom stereocenters. The topological polar surface area (TPSA) is 80.3 Å². The third kappa shape index (κ3) is 4.30. The number of methoxy groups -OCH3 is 1. The van der Waals surface area contributed by atoms with Crippen LogP contribution in [-0.4, -0.2) is 24.0 Å². The van der Waals surface area contributed by atoms with E-state index in [0.717, 1.165) is 11.3 Å². The van der Waals surface area contributed by atoms with Gasteiger partial charge >= 0.3 is 5.97 Å². The van der Waals surface area contributed by atoms with Gasteiger partial charge in [0.1, 0.15) is 5.82 Å². The number of anilines is 3. The number of ether oxygens (including phenoxy) is 1. The molecule has 2 N–H and O–H groups in total. The van der Waals surface area contributed by atoms with Gasteiger partial charge < -0.3 is 15.4 Å². The van der Waals surface area contributed by atoms with Crippen molar-refractivity contribution < 1.29 is 14.3 Å². The Morgan fingerprint density at radius 3 is 2.30 bits per heavy atom. The predicted molar refractivity (Wildman–Crippen MR) is 104 cm³/mol. The molecule has 136 valence electrons. The normalized spacial score (nSPS) is 10.1. The molecule has 0 aliphatic heterocycles. The minimum absolute atomic E-state index is 0.291. The standard InChI is InChI=1S/C21H19N3O3/c1-14-7-3-5-9-17(14)23-19-12-11-15(13-22-19)20(25)24-18-10-6-4-8-16(18)21(26)27-2/h3-13H,1-2H3,(H,22,23)(H,24,25). The Hall–Kier alpha value is -3.67. The molecule has 1 aromatic heterocycles. The summed E-state index contributed by atoms with van der Waals surface area (Å²) in [6, 6.07) is 17.9. The molecule has 1 amide bonds. The number of aromatic nitrogens is 1. The van der Waals surface area contributed by atoms with Crippen LogP contribution in [0.4, 0.5) is 17.2 Å². The lowest BCUT2D eigenvalue weighted by molar-refractivity contribution is 0.0602. The first-order valence-corrected chi connectivity index (χ1v) is 8.36. The molecule has 0 fully saturated rings. The zero-order valence-corrected chi connectivity index (χ0v) is 15.0. The fourth-order valence-corrected chi connectivity index (χ4v) is 2.53. The van der Waals surface area contributed by atoms with E-state index in [1.807, 2.05) is 31.2 Å². The van der Waals surface area contributed by atoms with E-state index in [9.17, 15) is 9.59 Å². The fourth-order valence-electron chi connectivity index (χ4n) is 2.53. The van der Waals surface area contributed by atoms with Crippen molar-refractivity contribution in [2.45, 2.75) is 6.92 Å². The lowest BCUT2D eigenvalue weighted by atomic mass is 10.1. The maximum absolute atomic E-state index is 12.5. The molecule has 0 aliphatic rings. The number of esters is 1. The number of hydrogen-bond acceptors (Lipinski definition) is 5. The molecular formula is C21H19N3O3. The number of amides is 1. The van der Waals surface area contributed by atoms with E-state index in [1.165, 1.54) is 13.3 Å². The molecule has 2 aromatic carbocycles. The molecule has 0 atom stereocenters. The van der Waals surface area contributed by atoms with Crippen molar-refractivity contribution in [1.82, 2.24) is 4.98 Å². The first kappa shape index (κ1) is 18.1. The van der Waals surface area contributed by atoms with Crippen LogP contribution in [0, 0.1) is 6.92 Å². The molecule has 0 radical (unpaired) electrons. The average Bonchev–Trinajstić information content (AvgIpc) is 2.70. The zero-order valence-electron chi connectivity index (χ0n) is 15.0. The van der Waals surface area contributed by atoms with Gasteiger partial charge in [-0.3, -0.25) is 4.79 Å². The Morgan fingerprint density at radius 2 is 1.63 bits per heavy atom. The van der Waals surface area contributed by atoms with Crippen LogP contribution in [0.3, 0.4) is 0 Å². The van der Waals surface area contributed by atoms with E-state index in [2.05, 4.69) is 15.6 Å². The predicted octanol–water partition coefficient (Wildman–Crippen LogP) is 4.17. The number of hydrogen-bond donors (Lipinski definition) is 2. The smallest absolute Gasteiger partial charge is 0.339 e. The minimum atomic E-state index is -0.512. The second-order valence-electron chi connectivity index (χ2n) is 5.86. The van der Waals surface area contributed by atoms with Crippen molar-refractivity contribution in [1.29, 1.82) is 0 Å². The van der Waals surface area contributed by atoms with Gasteiger partial charge in [-0.25, -0.2) is 9.78 Å². The van der Waals surface area contributed by atoms with Crippen molar-refractivity contribution in [2.75, 3.05) is 17.7 Å². The van der Waals surface area contributed by atoms with E-state index in [4.69, 9.17) is 4.74 Å². The van der Waals surface area contributed by atoms with Crippen LogP contribution in [0.15, 0.2) is 66.9 Å². The SMILES string of the molecule is COC(=O)c1ccccc1NC(=O)c1ccc(Nc2ccccc2C)nc1. The molecule has 0 spiro atoms. The zero-order chi connectivity index (χ0) is 19.2. The van der Waals surface area contributed by atoms with E-state index < -0.39 is 5.97 Å². The molecule has 6 heteroatoms. The first-order chi connectivity index (χ1) is 13.1. The number of nitrogens with zero attached hydrogens (tertiary/aromatic N) is 1. The number of nitrogens with one attached hydrogen (secondary N) is 2. The van der Waals surface area contributed by atoms with Gasteiger partial charge in [0.2, 0.25) is 0 Å². The molecule has 0 aliphatic carbocycles. The highest BCUT2D eigenvalue weighted by molar-refractivity contribution is 6.07. The molecule has 0 saturated carbocycles. The van der Waals surface area contributed by atoms with Crippen molar-refractivity contribution in [3.8, 4) is 0 Å². The summed E-state index contributed by atoms with van der Waals surface area (Å²) >= 11 is 0. The minimum Gasteiger partial charge on any atom is -0.465 e. The van der Waals surface area contributed by atoms with Crippen LogP contribution in [0.2, 0.25) is 0 Å². The number of carbonyl (C=O) groups is 2. The van der Waals surface area contributed by atoms with Gasteiger partial charge in [-0.1, -0.05) is 30.3 Å². The number of para-hydroxylation sites is 2. The number of carbonyl (C=O) groups excluding carboxylic acids is 2. The number of aryl methyl sites for hydroxylation is 1. The molecule has 0 saturated heterocycles. The van der Waals surface area contributed by atoms with Crippen LogP contribution in [0.5, 0.6) is 0 Å². The van der Waals surface area contributed by atoms with Crippen LogP contribution in [0.1, 0.15) is 26.3 Å². The Morgan fingerprint density at radius 1 is 0.926 bits per heavy atom. The van der Waals surface area contributed by atoms with Crippen LogP contribution in [-0.2, 0) is 4.74 Å². The summed E-state index contributed by atoms with van der Waals surface area (Å²) in [6.45, 7) is 2.00. The highest BCUT2D eigenvalue weighted by Gasteiger charge is 2.14. The van der Waals surface area contributed by atoms with Gasteiger partial charge in [-0.2, -0.15) is 0 Å². The van der Waals surface area contributed by atoms with E-state index in [0.29, 0.717) is 22.6 Å². The summed E-state index contributed by atoms with van der Waals surface area (Å²) in [7, 11) is 1.30. The van der Waals surface area contributed by atoms with Gasteiger partial charge in [-0.05, 0) is 42.8 Å². The maximum Gasteiger partial charge on any atom is 0.339 e. The first-order valence-electron chi connectivity index (χ1n) is 8.36. The average molecular weight is 361 g/mol. The lowest BCUT2D eigenvalue weighted by Crippen LogP contribution is -2.15. The summed E-state index contributed by atoms with van der Waals surface area (Å²) in [5.41, 5.74) is 3.11. The third-order valence-electron chi connectivity index (χ3n) is 4.01. The van der Waals surface area contributed by atoms with E-state index >= 15 is 0 Å². The van der Waals surface area contributed by atoms with E-state index in [-0.39, 0.29) is 5.91 Å². The summed E-state index contributed by atoms with van der Waals surface area (Å²) in [5.74, 6) is -0.237. The van der Waals surface area contributed by atoms with Crippen LogP contribution >= 0.6 is 0 Å². The van der Waals surface area contributed by atoms with Crippen molar-refractivity contribution in [3.05, 3.63) is 83.6 Å². The molecule has 1 heterocycles. The van der Waals surface area contributed by atoms with Gasteiger partial charge in [0.15, 0.2) is 0 Å². The van der Waals surface area contributed by atoms with Crippen LogP contribution < -0.4 is 10.6 Å². The fraction of sp³-hybridized carbons (Fsp3) is 0.0952. The molecule has 0 bridgehead atoms. The van der Waals surface area contributed by atoms with Gasteiger partial charge in [-0.15, -0.1) is 0 Å². The number of pyridine rings is 1. The highest BCUT2D eigenvalue weighted by Crippen LogP contribution is 2.20. The second-order valence-corrected chi connectivity index (χ2v) is 5.86. The van der Waals surface area contributed by atoms with Crippen molar-refractivity contribution in [2.24, 2.45) is 0 Å². The second kappa shape index (κ2) is 8.14. The Balaban J connectivity index is 1.73. The number of rotatable bonds is 5.